The summed E-state index contributed by atoms with van der Waals surface area (Å²) in [6.07, 6.45) is 0. The number of hydrogen-bond donors (Lipinski definition) is 3. The van der Waals surface area contributed by atoms with Gasteiger partial charge in [0, 0.05) is 14.1 Å². The number of nitrogens with zero attached hydrogens (tertiary/aromatic N) is 4. The second kappa shape index (κ2) is 5.44. The molecule has 10 nitrogen and oxygen atoms in total. The molecule has 0 saturated carbocycles. The second-order valence-corrected chi connectivity index (χ2v) is 5.12. The number of Topliss-reactive ketones (excluding diaryl/α,β-unsaturated/α-hetero) is 1. The van der Waals surface area contributed by atoms with Crippen LogP contribution < -0.4 is 22.7 Å². The Labute approximate surface area is 122 Å². The summed E-state index contributed by atoms with van der Waals surface area (Å²) in [5.41, 5.74) is 9.50. The molecule has 0 atom stereocenters. The zero-order chi connectivity index (χ0) is 15.7. The SMILES string of the molecule is Cn1c(N)c(C(=O)CSc2n[nH]c(N)n2)c(=O)n(C)c1=O. The Kier molecular flexibility index (Phi) is 3.84. The standard InChI is InChI=1S/C10H13N7O3S/c1-16-6(11)5(7(19)17(2)10(16)20)4(18)3-21-9-13-8(12)14-15-9/h3,11H2,1-2H3,(H3,12,13,14,15). The van der Waals surface area contributed by atoms with Crippen LogP contribution in [-0.2, 0) is 14.1 Å². The van der Waals surface area contributed by atoms with E-state index in [1.54, 1.807) is 0 Å². The lowest BCUT2D eigenvalue weighted by molar-refractivity contribution is 0.102. The first-order valence-electron chi connectivity index (χ1n) is 5.72. The van der Waals surface area contributed by atoms with Gasteiger partial charge in [0.15, 0.2) is 5.78 Å². The van der Waals surface area contributed by atoms with E-state index in [-0.39, 0.29) is 28.2 Å². The summed E-state index contributed by atoms with van der Waals surface area (Å²) in [4.78, 5) is 39.6. The Morgan fingerprint density at radius 3 is 2.52 bits per heavy atom. The van der Waals surface area contributed by atoms with Gasteiger partial charge in [0.05, 0.1) is 5.75 Å². The largest absolute Gasteiger partial charge is 0.384 e. The van der Waals surface area contributed by atoms with Crippen molar-refractivity contribution >= 4 is 29.3 Å². The summed E-state index contributed by atoms with van der Waals surface area (Å²) in [7, 11) is 2.67. The van der Waals surface area contributed by atoms with Crippen LogP contribution >= 0.6 is 11.8 Å². The molecule has 21 heavy (non-hydrogen) atoms. The van der Waals surface area contributed by atoms with Crippen LogP contribution in [0.3, 0.4) is 0 Å². The minimum atomic E-state index is -0.726. The quantitative estimate of drug-likeness (QED) is 0.447. The molecule has 0 bridgehead atoms. The molecule has 2 aromatic heterocycles. The number of carbonyl (C=O) groups excluding carboxylic acids is 1. The molecule has 2 aromatic rings. The first kappa shape index (κ1) is 14.8. The highest BCUT2D eigenvalue weighted by molar-refractivity contribution is 7.99. The number of aromatic nitrogens is 5. The smallest absolute Gasteiger partial charge is 0.332 e. The van der Waals surface area contributed by atoms with Crippen molar-refractivity contribution < 1.29 is 4.79 Å². The van der Waals surface area contributed by atoms with Crippen molar-refractivity contribution in [2.24, 2.45) is 14.1 Å². The minimum Gasteiger partial charge on any atom is -0.384 e. The molecule has 0 spiro atoms. The van der Waals surface area contributed by atoms with Crippen LogP contribution in [-0.4, -0.2) is 35.9 Å². The molecule has 112 valence electrons. The first-order valence-corrected chi connectivity index (χ1v) is 6.70. The molecule has 0 aliphatic carbocycles. The van der Waals surface area contributed by atoms with E-state index in [0.29, 0.717) is 0 Å². The lowest BCUT2D eigenvalue weighted by Gasteiger charge is -2.10. The Morgan fingerprint density at radius 1 is 1.29 bits per heavy atom. The number of nitrogens with one attached hydrogen (secondary N) is 1. The fraction of sp³-hybridized carbons (Fsp3) is 0.300. The van der Waals surface area contributed by atoms with E-state index in [4.69, 9.17) is 11.5 Å². The molecule has 2 heterocycles. The normalized spacial score (nSPS) is 10.8. The Morgan fingerprint density at radius 2 is 1.95 bits per heavy atom. The van der Waals surface area contributed by atoms with Gasteiger partial charge in [-0.25, -0.2) is 9.89 Å². The average molecular weight is 311 g/mol. The van der Waals surface area contributed by atoms with Crippen LogP contribution in [0.2, 0.25) is 0 Å². The van der Waals surface area contributed by atoms with Crippen molar-refractivity contribution in [2.45, 2.75) is 5.16 Å². The number of aromatic amines is 1. The Hall–Kier alpha value is -2.56. The Bertz CT molecular complexity index is 819. The number of nitrogens with two attached hydrogens (primary N) is 2. The molecular formula is C10H13N7O3S. The molecular weight excluding hydrogens is 298 g/mol. The van der Waals surface area contributed by atoms with Crippen LogP contribution in [0, 0.1) is 0 Å². The van der Waals surface area contributed by atoms with Crippen LogP contribution in [0.25, 0.3) is 0 Å². The minimum absolute atomic E-state index is 0.102. The van der Waals surface area contributed by atoms with Crippen molar-refractivity contribution in [1.29, 1.82) is 0 Å². The van der Waals surface area contributed by atoms with Crippen molar-refractivity contribution in [3.8, 4) is 0 Å². The van der Waals surface area contributed by atoms with Gasteiger partial charge in [-0.3, -0.25) is 18.7 Å². The van der Waals surface area contributed by atoms with Gasteiger partial charge in [-0.05, 0) is 0 Å². The number of thioether (sulfide) groups is 1. The third-order valence-electron chi connectivity index (χ3n) is 2.80. The molecule has 0 aliphatic rings. The molecule has 0 aromatic carbocycles. The maximum absolute atomic E-state index is 12.2. The van der Waals surface area contributed by atoms with Gasteiger partial charge < -0.3 is 11.5 Å². The molecule has 0 saturated heterocycles. The summed E-state index contributed by atoms with van der Waals surface area (Å²) in [6, 6.07) is 0. The number of hydrogen-bond acceptors (Lipinski definition) is 8. The zero-order valence-corrected chi connectivity index (χ0v) is 12.1. The highest BCUT2D eigenvalue weighted by Gasteiger charge is 2.20. The van der Waals surface area contributed by atoms with E-state index in [0.717, 1.165) is 20.9 Å². The molecule has 2 rings (SSSR count). The van der Waals surface area contributed by atoms with Crippen LogP contribution in [0.1, 0.15) is 10.4 Å². The van der Waals surface area contributed by atoms with Gasteiger partial charge in [0.25, 0.3) is 5.56 Å². The summed E-state index contributed by atoms with van der Waals surface area (Å²) in [5.74, 6) is -0.655. The van der Waals surface area contributed by atoms with Gasteiger partial charge in [-0.2, -0.15) is 4.98 Å². The lowest BCUT2D eigenvalue weighted by atomic mass is 10.2. The van der Waals surface area contributed by atoms with Crippen LogP contribution in [0.15, 0.2) is 14.7 Å². The highest BCUT2D eigenvalue weighted by atomic mass is 32.2. The highest BCUT2D eigenvalue weighted by Crippen LogP contribution is 2.15. The third-order valence-corrected chi connectivity index (χ3v) is 3.65. The van der Waals surface area contributed by atoms with Gasteiger partial charge in [0.1, 0.15) is 11.4 Å². The van der Waals surface area contributed by atoms with E-state index in [2.05, 4.69) is 15.2 Å². The second-order valence-electron chi connectivity index (χ2n) is 4.18. The van der Waals surface area contributed by atoms with Gasteiger partial charge in [-0.15, -0.1) is 5.10 Å². The van der Waals surface area contributed by atoms with Crippen molar-refractivity contribution in [3.63, 3.8) is 0 Å². The average Bonchev–Trinajstić information content (AvgIpc) is 2.86. The van der Waals surface area contributed by atoms with Gasteiger partial charge in [0.2, 0.25) is 11.1 Å². The van der Waals surface area contributed by atoms with Gasteiger partial charge >= 0.3 is 5.69 Å². The van der Waals surface area contributed by atoms with Crippen molar-refractivity contribution in [3.05, 3.63) is 26.4 Å². The van der Waals surface area contributed by atoms with E-state index in [1.807, 2.05) is 0 Å². The topological polar surface area (TPSA) is 155 Å². The number of rotatable bonds is 4. The fourth-order valence-corrected chi connectivity index (χ4v) is 2.32. The number of ketones is 1. The summed E-state index contributed by atoms with van der Waals surface area (Å²) >= 11 is 1.00. The Balaban J connectivity index is 2.32. The third kappa shape index (κ3) is 2.67. The van der Waals surface area contributed by atoms with Crippen molar-refractivity contribution in [2.75, 3.05) is 17.2 Å². The monoisotopic (exact) mass is 311 g/mol. The van der Waals surface area contributed by atoms with Crippen LogP contribution in [0.5, 0.6) is 0 Å². The number of H-pyrrole nitrogens is 1. The molecule has 0 radical (unpaired) electrons. The molecule has 0 amide bonds. The zero-order valence-electron chi connectivity index (χ0n) is 11.3. The number of carbonyl (C=O) groups is 1. The fourth-order valence-electron chi connectivity index (χ4n) is 1.65. The summed E-state index contributed by atoms with van der Waals surface area (Å²) in [6.45, 7) is 0. The maximum Gasteiger partial charge on any atom is 0.332 e. The van der Waals surface area contributed by atoms with E-state index >= 15 is 0 Å². The number of nitrogen functional groups attached to an aromatic ring is 2. The first-order chi connectivity index (χ1) is 9.82. The predicted octanol–water partition coefficient (Wildman–Crippen LogP) is -1.66. The summed E-state index contributed by atoms with van der Waals surface area (Å²) < 4.78 is 1.88. The van der Waals surface area contributed by atoms with Crippen molar-refractivity contribution in [1.82, 2.24) is 24.3 Å². The summed E-state index contributed by atoms with van der Waals surface area (Å²) in [5, 5.41) is 6.46. The molecule has 0 unspecified atom stereocenters. The maximum atomic E-state index is 12.2. The molecule has 0 aliphatic heterocycles. The number of anilines is 2. The molecule has 0 fully saturated rings. The molecule has 11 heteroatoms. The molecule has 5 N–H and O–H groups in total. The van der Waals surface area contributed by atoms with E-state index < -0.39 is 17.0 Å². The lowest BCUT2D eigenvalue weighted by Crippen LogP contribution is -2.41. The van der Waals surface area contributed by atoms with E-state index in [9.17, 15) is 14.4 Å². The van der Waals surface area contributed by atoms with Gasteiger partial charge in [-0.1, -0.05) is 11.8 Å². The predicted molar refractivity (Wildman–Crippen MR) is 77.2 cm³/mol. The van der Waals surface area contributed by atoms with Crippen LogP contribution in [0.4, 0.5) is 11.8 Å². The van der Waals surface area contributed by atoms with E-state index in [1.165, 1.54) is 14.1 Å².